The topological polar surface area (TPSA) is 177 Å². The Kier molecular flexibility index (Phi) is 15.4. The van der Waals surface area contributed by atoms with Crippen LogP contribution in [0.3, 0.4) is 0 Å². The van der Waals surface area contributed by atoms with Gasteiger partial charge in [0.15, 0.2) is 0 Å². The Morgan fingerprint density at radius 1 is 0.679 bits per heavy atom. The van der Waals surface area contributed by atoms with Crippen molar-refractivity contribution in [3.8, 4) is 5.75 Å². The normalized spacial score (nSPS) is 13.3. The Bertz CT molecular complexity index is 1850. The summed E-state index contributed by atoms with van der Waals surface area (Å²) in [4.78, 5) is 59.8. The third-order valence-electron chi connectivity index (χ3n) is 5.90. The van der Waals surface area contributed by atoms with Crippen LogP contribution in [0.4, 0.5) is 32.3 Å². The molecule has 56 heavy (non-hydrogen) atoms. The number of guanidine groups is 1. The third kappa shape index (κ3) is 15.4. The van der Waals surface area contributed by atoms with E-state index in [4.69, 9.17) is 26.2 Å². The second kappa shape index (κ2) is 18.0. The number of amides is 4. The Balaban J connectivity index is 2.98. The van der Waals surface area contributed by atoms with Gasteiger partial charge in [0.1, 0.15) is 0 Å². The first-order valence-electron chi connectivity index (χ1n) is 16.7. The number of benzene rings is 2. The van der Waals surface area contributed by atoms with E-state index in [-0.39, 0.29) is 17.6 Å². The molecule has 0 aromatic heterocycles. The van der Waals surface area contributed by atoms with Crippen LogP contribution >= 0.6 is 20.2 Å². The zero-order chi connectivity index (χ0) is 43.2. The summed E-state index contributed by atoms with van der Waals surface area (Å²) in [7, 11) is -4.74. The SMILES string of the molecule is COc1ccc(I(OS(=O)(=O)C(F)(F)F)c2cccc(CN(C(=O)OC(C)(C)C)C(=NC(=O)OC(C)(C)C)N(C(=O)OC(C)(C)C)C(=O)OC(C)(C)C)c2)cc1. The first-order valence-corrected chi connectivity index (χ1v) is 21.2. The van der Waals surface area contributed by atoms with Crippen LogP contribution in [0.1, 0.15) is 88.6 Å². The molecule has 0 saturated carbocycles. The van der Waals surface area contributed by atoms with Gasteiger partial charge in [-0.25, -0.2) is 0 Å². The van der Waals surface area contributed by atoms with Gasteiger partial charge in [0.2, 0.25) is 0 Å². The Labute approximate surface area is 332 Å². The van der Waals surface area contributed by atoms with Crippen LogP contribution in [0, 0.1) is 7.14 Å². The fraction of sp³-hybridized carbons (Fsp3) is 0.528. The van der Waals surface area contributed by atoms with Crippen LogP contribution in [0.5, 0.6) is 5.75 Å². The molecule has 0 aliphatic heterocycles. The van der Waals surface area contributed by atoms with Gasteiger partial charge in [-0.1, -0.05) is 0 Å². The number of alkyl halides is 3. The van der Waals surface area contributed by atoms with Crippen molar-refractivity contribution in [2.75, 3.05) is 7.11 Å². The summed E-state index contributed by atoms with van der Waals surface area (Å²) in [5.74, 6) is -0.648. The zero-order valence-corrected chi connectivity index (χ0v) is 36.5. The number of imide groups is 1. The fourth-order valence-electron chi connectivity index (χ4n) is 3.91. The van der Waals surface area contributed by atoms with Crippen molar-refractivity contribution in [1.29, 1.82) is 0 Å². The second-order valence-corrected chi connectivity index (χ2v) is 22.2. The molecule has 4 amide bonds. The summed E-state index contributed by atoms with van der Waals surface area (Å²) >= 11 is -4.02. The molecule has 0 radical (unpaired) electrons. The molecule has 2 rings (SSSR count). The summed E-state index contributed by atoms with van der Waals surface area (Å²) in [6.07, 6.45) is -5.46. The van der Waals surface area contributed by atoms with Crippen molar-refractivity contribution >= 4 is 60.7 Å². The molecule has 0 aliphatic rings. The number of halogens is 4. The number of hydrogen-bond donors (Lipinski definition) is 0. The van der Waals surface area contributed by atoms with Gasteiger partial charge in [-0.15, -0.1) is 0 Å². The number of carbonyl (C=O) groups excluding carboxylic acids is 4. The van der Waals surface area contributed by atoms with E-state index in [0.717, 1.165) is 0 Å². The Hall–Kier alpha value is -4.18. The second-order valence-electron chi connectivity index (χ2n) is 15.8. The molecular weight excluding hydrogens is 882 g/mol. The molecule has 0 fully saturated rings. The van der Waals surface area contributed by atoms with Crippen LogP contribution in [-0.4, -0.2) is 83.6 Å². The van der Waals surface area contributed by atoms with Gasteiger partial charge in [0.25, 0.3) is 0 Å². The number of ether oxygens (including phenoxy) is 5. The summed E-state index contributed by atoms with van der Waals surface area (Å²) in [6.45, 7) is 17.3. The molecule has 0 atom stereocenters. The molecule has 0 bridgehead atoms. The summed E-state index contributed by atoms with van der Waals surface area (Å²) < 4.78 is 97.7. The van der Waals surface area contributed by atoms with Crippen molar-refractivity contribution in [2.24, 2.45) is 4.99 Å². The molecule has 0 heterocycles. The molecular formula is C36H49F3IN3O12S. The third-order valence-corrected chi connectivity index (χ3v) is 12.9. The van der Waals surface area contributed by atoms with Gasteiger partial charge in [0.05, 0.1) is 0 Å². The quantitative estimate of drug-likeness (QED) is 0.0847. The fourth-order valence-corrected chi connectivity index (χ4v) is 10.5. The van der Waals surface area contributed by atoms with Gasteiger partial charge in [-0.3, -0.25) is 0 Å². The summed E-state index contributed by atoms with van der Waals surface area (Å²) in [6, 6.07) is 10.9. The monoisotopic (exact) mass is 931 g/mol. The summed E-state index contributed by atoms with van der Waals surface area (Å²) in [5, 5.41) is 0. The van der Waals surface area contributed by atoms with Gasteiger partial charge in [-0.2, -0.15) is 0 Å². The first-order chi connectivity index (χ1) is 25.2. The molecule has 0 N–H and O–H groups in total. The van der Waals surface area contributed by atoms with E-state index >= 15 is 0 Å². The predicted octanol–water partition coefficient (Wildman–Crippen LogP) is 9.22. The average molecular weight is 932 g/mol. The average Bonchev–Trinajstić information content (AvgIpc) is 2.98. The number of carbonyl (C=O) groups is 4. The molecule has 0 unspecified atom stereocenters. The number of hydrogen-bond acceptors (Lipinski definition) is 12. The van der Waals surface area contributed by atoms with Crippen molar-refractivity contribution in [1.82, 2.24) is 9.80 Å². The number of nitrogens with zero attached hydrogens (tertiary/aromatic N) is 3. The van der Waals surface area contributed by atoms with Crippen LogP contribution in [-0.2, 0) is 38.1 Å². The summed E-state index contributed by atoms with van der Waals surface area (Å²) in [5.41, 5.74) is -10.5. The molecule has 0 saturated heterocycles. The first kappa shape index (κ1) is 48.0. The van der Waals surface area contributed by atoms with Crippen molar-refractivity contribution in [3.05, 3.63) is 61.2 Å². The Morgan fingerprint density at radius 2 is 1.14 bits per heavy atom. The molecule has 15 nitrogen and oxygen atoms in total. The molecule has 2 aromatic carbocycles. The molecule has 0 spiro atoms. The molecule has 0 aliphatic carbocycles. The van der Waals surface area contributed by atoms with Gasteiger partial charge in [-0.05, 0) is 0 Å². The van der Waals surface area contributed by atoms with Crippen molar-refractivity contribution in [3.63, 3.8) is 0 Å². The van der Waals surface area contributed by atoms with Crippen LogP contribution < -0.4 is 4.74 Å². The van der Waals surface area contributed by atoms with Crippen LogP contribution in [0.15, 0.2) is 53.5 Å². The molecule has 314 valence electrons. The van der Waals surface area contributed by atoms with E-state index in [2.05, 4.69) is 4.99 Å². The maximum absolute atomic E-state index is 14.1. The Morgan fingerprint density at radius 3 is 1.57 bits per heavy atom. The van der Waals surface area contributed by atoms with E-state index in [1.54, 1.807) is 0 Å². The molecule has 2 aromatic rings. The van der Waals surface area contributed by atoms with Crippen molar-refractivity contribution < 1.29 is 67.0 Å². The standard InChI is InChI=1S/C36H49F3IN3O12S/c1-32(2,3)51-28(44)41-27(43(30(46)53-34(7,8)9)31(47)54-35(10,11)12)42(29(45)52-33(4,5)6)22-23-15-14-16-25(21-23)40(55-56(48,49)36(37,38)39)24-17-19-26(50-13)20-18-24/h14-21H,22H2,1-13H3. The van der Waals surface area contributed by atoms with E-state index in [0.29, 0.717) is 10.6 Å². The van der Waals surface area contributed by atoms with Crippen molar-refractivity contribution in [2.45, 2.75) is 118 Å². The van der Waals surface area contributed by atoms with Gasteiger partial charge < -0.3 is 0 Å². The number of rotatable bonds is 7. The predicted molar refractivity (Wildman–Crippen MR) is 207 cm³/mol. The van der Waals surface area contributed by atoms with Gasteiger partial charge >= 0.3 is 334 Å². The number of methoxy groups -OCH3 is 1. The van der Waals surface area contributed by atoms with E-state index in [1.807, 2.05) is 0 Å². The minimum atomic E-state index is -6.11. The minimum absolute atomic E-state index is 0.00982. The van der Waals surface area contributed by atoms with Crippen LogP contribution in [0.2, 0.25) is 0 Å². The van der Waals surface area contributed by atoms with E-state index in [1.165, 1.54) is 139 Å². The maximum atomic E-state index is 14.1. The number of aliphatic imine (C=N–C) groups is 1. The van der Waals surface area contributed by atoms with Crippen LogP contribution in [0.25, 0.3) is 0 Å². The van der Waals surface area contributed by atoms with E-state index in [9.17, 15) is 40.8 Å². The van der Waals surface area contributed by atoms with Gasteiger partial charge in [0, 0.05) is 0 Å². The molecule has 20 heteroatoms. The zero-order valence-electron chi connectivity index (χ0n) is 33.5. The van der Waals surface area contributed by atoms with E-state index < -0.39 is 95.1 Å².